The number of nitrogen functional groups attached to an aromatic ring is 1. The first kappa shape index (κ1) is 10.7. The van der Waals surface area contributed by atoms with E-state index in [1.54, 1.807) is 6.07 Å². The van der Waals surface area contributed by atoms with Crippen LogP contribution in [0.3, 0.4) is 0 Å². The summed E-state index contributed by atoms with van der Waals surface area (Å²) in [5.41, 5.74) is 5.69. The van der Waals surface area contributed by atoms with Gasteiger partial charge < -0.3 is 5.73 Å². The zero-order chi connectivity index (χ0) is 12.4. The molecule has 0 aliphatic carbocycles. The fourth-order valence-electron chi connectivity index (χ4n) is 1.24. The summed E-state index contributed by atoms with van der Waals surface area (Å²) in [6.07, 6.45) is 3.83. The fraction of sp³-hybridized carbons (Fsp3) is 0. The van der Waals surface area contributed by atoms with Gasteiger partial charge in [-0.15, -0.1) is 0 Å². The third-order valence-corrected chi connectivity index (χ3v) is 2.07. The average Bonchev–Trinajstić information content (AvgIpc) is 2.78. The van der Waals surface area contributed by atoms with E-state index in [-0.39, 0.29) is 11.5 Å². The molecule has 0 spiro atoms. The average molecular weight is 232 g/mol. The van der Waals surface area contributed by atoms with E-state index in [0.29, 0.717) is 11.4 Å². The highest BCUT2D eigenvalue weighted by Gasteiger charge is 2.11. The van der Waals surface area contributed by atoms with Gasteiger partial charge in [0, 0.05) is 11.8 Å². The molecule has 2 rings (SSSR count). The van der Waals surface area contributed by atoms with Crippen LogP contribution in [0.25, 0.3) is 5.82 Å². The van der Waals surface area contributed by atoms with Gasteiger partial charge in [0.05, 0.1) is 4.92 Å². The standard InChI is InChI=1S/C9H8N6O2/c10-9(11)6-1-2-12-8(3-6)14-5-7(4-13-14)15(16)17/h1-5H,(H3,10,11). The lowest BCUT2D eigenvalue weighted by Crippen LogP contribution is -2.12. The Hall–Kier alpha value is -2.77. The van der Waals surface area contributed by atoms with E-state index < -0.39 is 4.92 Å². The van der Waals surface area contributed by atoms with E-state index >= 15 is 0 Å². The lowest BCUT2D eigenvalue weighted by molar-refractivity contribution is -0.384. The third-order valence-electron chi connectivity index (χ3n) is 2.07. The van der Waals surface area contributed by atoms with E-state index in [2.05, 4.69) is 10.1 Å². The summed E-state index contributed by atoms with van der Waals surface area (Å²) >= 11 is 0. The Labute approximate surface area is 95.4 Å². The highest BCUT2D eigenvalue weighted by Crippen LogP contribution is 2.12. The minimum Gasteiger partial charge on any atom is -0.384 e. The largest absolute Gasteiger partial charge is 0.384 e. The molecule has 8 nitrogen and oxygen atoms in total. The van der Waals surface area contributed by atoms with Crippen LogP contribution in [0.5, 0.6) is 0 Å². The predicted octanol–water partition coefficient (Wildman–Crippen LogP) is 0.460. The highest BCUT2D eigenvalue weighted by molar-refractivity contribution is 5.95. The van der Waals surface area contributed by atoms with Crippen molar-refractivity contribution >= 4 is 11.5 Å². The van der Waals surface area contributed by atoms with Gasteiger partial charge >= 0.3 is 5.69 Å². The molecule has 0 aromatic carbocycles. The number of nitrogens with one attached hydrogen (secondary N) is 1. The van der Waals surface area contributed by atoms with Gasteiger partial charge in [0.15, 0.2) is 5.82 Å². The number of aromatic nitrogens is 3. The number of nitrogens with zero attached hydrogens (tertiary/aromatic N) is 4. The van der Waals surface area contributed by atoms with E-state index in [0.717, 1.165) is 6.20 Å². The molecule has 0 aliphatic rings. The topological polar surface area (TPSA) is 124 Å². The van der Waals surface area contributed by atoms with Crippen LogP contribution in [-0.2, 0) is 0 Å². The normalized spacial score (nSPS) is 10.1. The molecule has 2 aromatic heterocycles. The summed E-state index contributed by atoms with van der Waals surface area (Å²) in [7, 11) is 0. The molecule has 0 atom stereocenters. The lowest BCUT2D eigenvalue weighted by Gasteiger charge is -2.01. The van der Waals surface area contributed by atoms with Gasteiger partial charge in [-0.2, -0.15) is 5.10 Å². The number of hydrogen-bond donors (Lipinski definition) is 2. The Balaban J connectivity index is 2.42. The maximum Gasteiger partial charge on any atom is 0.307 e. The maximum absolute atomic E-state index is 10.5. The summed E-state index contributed by atoms with van der Waals surface area (Å²) in [5.74, 6) is 0.265. The smallest absolute Gasteiger partial charge is 0.307 e. The first-order valence-corrected chi connectivity index (χ1v) is 4.58. The molecule has 0 aliphatic heterocycles. The van der Waals surface area contributed by atoms with Crippen LogP contribution >= 0.6 is 0 Å². The molecule has 0 saturated carbocycles. The third kappa shape index (κ3) is 2.09. The van der Waals surface area contributed by atoms with Crippen molar-refractivity contribution < 1.29 is 4.92 Å². The van der Waals surface area contributed by atoms with Gasteiger partial charge in [-0.3, -0.25) is 15.5 Å². The Bertz CT molecular complexity index is 591. The van der Waals surface area contributed by atoms with Crippen molar-refractivity contribution in [1.82, 2.24) is 14.8 Å². The summed E-state index contributed by atoms with van der Waals surface area (Å²) in [4.78, 5) is 13.9. The van der Waals surface area contributed by atoms with Crippen LogP contribution in [0, 0.1) is 15.5 Å². The molecule has 86 valence electrons. The van der Waals surface area contributed by atoms with Crippen LogP contribution in [0.4, 0.5) is 5.69 Å². The van der Waals surface area contributed by atoms with Gasteiger partial charge in [-0.1, -0.05) is 0 Å². The lowest BCUT2D eigenvalue weighted by atomic mass is 10.2. The van der Waals surface area contributed by atoms with Gasteiger partial charge in [-0.05, 0) is 12.1 Å². The number of nitrogens with two attached hydrogens (primary N) is 1. The molecule has 0 radical (unpaired) electrons. The first-order chi connectivity index (χ1) is 8.08. The minimum atomic E-state index is -0.543. The molecule has 8 heteroatoms. The number of amidine groups is 1. The van der Waals surface area contributed by atoms with Gasteiger partial charge in [0.1, 0.15) is 18.2 Å². The van der Waals surface area contributed by atoms with E-state index in [9.17, 15) is 10.1 Å². The van der Waals surface area contributed by atoms with Crippen molar-refractivity contribution in [1.29, 1.82) is 5.41 Å². The van der Waals surface area contributed by atoms with Gasteiger partial charge in [0.2, 0.25) is 0 Å². The van der Waals surface area contributed by atoms with E-state index in [4.69, 9.17) is 11.1 Å². The monoisotopic (exact) mass is 232 g/mol. The molecule has 3 N–H and O–H groups in total. The van der Waals surface area contributed by atoms with Crippen molar-refractivity contribution in [3.63, 3.8) is 0 Å². The second-order valence-electron chi connectivity index (χ2n) is 3.22. The van der Waals surface area contributed by atoms with E-state index in [1.165, 1.54) is 23.1 Å². The number of rotatable bonds is 3. The Morgan fingerprint density at radius 2 is 2.35 bits per heavy atom. The molecular weight excluding hydrogens is 224 g/mol. The molecule has 2 heterocycles. The van der Waals surface area contributed by atoms with Crippen molar-refractivity contribution in [3.05, 3.63) is 46.4 Å². The fourth-order valence-corrected chi connectivity index (χ4v) is 1.24. The minimum absolute atomic E-state index is 0.102. The van der Waals surface area contributed by atoms with Crippen LogP contribution in [-0.4, -0.2) is 25.5 Å². The van der Waals surface area contributed by atoms with Crippen molar-refractivity contribution in [2.45, 2.75) is 0 Å². The maximum atomic E-state index is 10.5. The van der Waals surface area contributed by atoms with Crippen LogP contribution < -0.4 is 5.73 Å². The second kappa shape index (κ2) is 4.00. The van der Waals surface area contributed by atoms with Crippen molar-refractivity contribution in [2.75, 3.05) is 0 Å². The Morgan fingerprint density at radius 1 is 1.59 bits per heavy atom. The van der Waals surface area contributed by atoms with Gasteiger partial charge in [-0.25, -0.2) is 9.67 Å². The molecule has 0 bridgehead atoms. The predicted molar refractivity (Wildman–Crippen MR) is 59.0 cm³/mol. The van der Waals surface area contributed by atoms with Crippen LogP contribution in [0.2, 0.25) is 0 Å². The number of hydrogen-bond acceptors (Lipinski definition) is 5. The quantitative estimate of drug-likeness (QED) is 0.344. The summed E-state index contributed by atoms with van der Waals surface area (Å²) in [6.45, 7) is 0. The molecule has 0 unspecified atom stereocenters. The van der Waals surface area contributed by atoms with Crippen LogP contribution in [0.15, 0.2) is 30.7 Å². The van der Waals surface area contributed by atoms with E-state index in [1.807, 2.05) is 0 Å². The molecule has 0 amide bonds. The van der Waals surface area contributed by atoms with Gasteiger partial charge in [0.25, 0.3) is 0 Å². The molecule has 0 saturated heterocycles. The Kier molecular flexibility index (Phi) is 2.53. The van der Waals surface area contributed by atoms with Crippen molar-refractivity contribution in [2.24, 2.45) is 5.73 Å². The molecule has 0 fully saturated rings. The highest BCUT2D eigenvalue weighted by atomic mass is 16.6. The molecule has 17 heavy (non-hydrogen) atoms. The molecule has 2 aromatic rings. The Morgan fingerprint density at radius 3 is 2.94 bits per heavy atom. The van der Waals surface area contributed by atoms with Crippen LogP contribution in [0.1, 0.15) is 5.56 Å². The zero-order valence-electron chi connectivity index (χ0n) is 8.57. The SMILES string of the molecule is N=C(N)c1ccnc(-n2cc([N+](=O)[O-])cn2)c1. The summed E-state index contributed by atoms with van der Waals surface area (Å²) < 4.78 is 1.25. The zero-order valence-corrected chi connectivity index (χ0v) is 8.57. The second-order valence-corrected chi connectivity index (χ2v) is 3.22. The number of nitro groups is 1. The molecular formula is C9H8N6O2. The first-order valence-electron chi connectivity index (χ1n) is 4.58. The summed E-state index contributed by atoms with van der Waals surface area (Å²) in [5, 5.41) is 21.6. The number of pyridine rings is 1. The summed E-state index contributed by atoms with van der Waals surface area (Å²) in [6, 6.07) is 3.10. The van der Waals surface area contributed by atoms with Crippen molar-refractivity contribution in [3.8, 4) is 5.82 Å².